The average Bonchev–Trinajstić information content (AvgIpc) is 3.02. The first-order valence-electron chi connectivity index (χ1n) is 12.2. The van der Waals surface area contributed by atoms with Crippen LogP contribution in [0.4, 0.5) is 4.79 Å². The standard InChI is InChI=1S/C26H37NO4/c1-5-7-14-27-23(30)31-26(6-2)13-10-20-18-16-22(29)21-15-17(28)8-11-24(21,3)19(18)9-12-25(20,26)4/h8,11,15,18-20H,5-7,9-10,12-14,16H2,1-4H3,(H,27,30)/t18?,19?,20?,24-,25+,26+/m1/s1. The first-order valence-corrected chi connectivity index (χ1v) is 12.2. The highest BCUT2D eigenvalue weighted by Gasteiger charge is 2.66. The Morgan fingerprint density at radius 2 is 1.90 bits per heavy atom. The molecule has 5 heteroatoms. The van der Waals surface area contributed by atoms with E-state index in [1.54, 1.807) is 12.2 Å². The van der Waals surface area contributed by atoms with Gasteiger partial charge >= 0.3 is 6.09 Å². The number of Topliss-reactive ketones (excluding diaryl/α,β-unsaturated/α-hetero) is 1. The summed E-state index contributed by atoms with van der Waals surface area (Å²) in [5, 5.41) is 2.93. The van der Waals surface area contributed by atoms with Gasteiger partial charge in [-0.2, -0.15) is 0 Å². The van der Waals surface area contributed by atoms with Crippen molar-refractivity contribution in [2.24, 2.45) is 28.6 Å². The molecule has 4 aliphatic rings. The molecule has 3 unspecified atom stereocenters. The monoisotopic (exact) mass is 427 g/mol. The van der Waals surface area contributed by atoms with Crippen LogP contribution in [-0.4, -0.2) is 29.8 Å². The molecule has 0 saturated heterocycles. The average molecular weight is 428 g/mol. The number of hydrogen-bond acceptors (Lipinski definition) is 4. The topological polar surface area (TPSA) is 72.5 Å². The third-order valence-electron chi connectivity index (χ3n) is 9.34. The predicted octanol–water partition coefficient (Wildman–Crippen LogP) is 5.15. The lowest BCUT2D eigenvalue weighted by Gasteiger charge is -2.58. The highest BCUT2D eigenvalue weighted by Crippen LogP contribution is 2.67. The summed E-state index contributed by atoms with van der Waals surface area (Å²) in [4.78, 5) is 37.7. The number of amides is 1. The van der Waals surface area contributed by atoms with Crippen LogP contribution in [0, 0.1) is 28.6 Å². The maximum absolute atomic E-state index is 13.1. The van der Waals surface area contributed by atoms with Crippen LogP contribution in [0.15, 0.2) is 23.8 Å². The van der Waals surface area contributed by atoms with Gasteiger partial charge in [-0.15, -0.1) is 0 Å². The van der Waals surface area contributed by atoms with Crippen molar-refractivity contribution in [3.8, 4) is 0 Å². The molecule has 1 amide bonds. The zero-order valence-electron chi connectivity index (χ0n) is 19.5. The van der Waals surface area contributed by atoms with Gasteiger partial charge in [0.05, 0.1) is 0 Å². The fourth-order valence-electron chi connectivity index (χ4n) is 7.53. The Bertz CT molecular complexity index is 844. The number of hydrogen-bond donors (Lipinski definition) is 1. The summed E-state index contributed by atoms with van der Waals surface area (Å²) in [6.07, 6.45) is 12.0. The van der Waals surface area contributed by atoms with Crippen LogP contribution in [0.2, 0.25) is 0 Å². The van der Waals surface area contributed by atoms with Gasteiger partial charge in [0.2, 0.25) is 0 Å². The van der Waals surface area contributed by atoms with Crippen LogP contribution in [0.25, 0.3) is 0 Å². The fourth-order valence-corrected chi connectivity index (χ4v) is 7.53. The van der Waals surface area contributed by atoms with Gasteiger partial charge in [-0.3, -0.25) is 9.59 Å². The molecular formula is C26H37NO4. The van der Waals surface area contributed by atoms with Gasteiger partial charge in [-0.1, -0.05) is 40.2 Å². The number of nitrogens with one attached hydrogen (secondary N) is 1. The van der Waals surface area contributed by atoms with E-state index in [4.69, 9.17) is 4.74 Å². The van der Waals surface area contributed by atoms with Gasteiger partial charge in [-0.25, -0.2) is 4.79 Å². The first-order chi connectivity index (χ1) is 14.7. The minimum Gasteiger partial charge on any atom is -0.442 e. The SMILES string of the molecule is CCCCNC(=O)O[C@@]1(CC)CCC2C3CC(=O)C4=CC(=O)C=C[C@]4(C)C3CC[C@@]21C. The van der Waals surface area contributed by atoms with E-state index in [0.29, 0.717) is 30.4 Å². The zero-order chi connectivity index (χ0) is 22.4. The van der Waals surface area contributed by atoms with Crippen molar-refractivity contribution in [3.63, 3.8) is 0 Å². The van der Waals surface area contributed by atoms with E-state index < -0.39 is 5.60 Å². The number of unbranched alkanes of at least 4 members (excludes halogenated alkanes) is 1. The van der Waals surface area contributed by atoms with Crippen molar-refractivity contribution in [2.75, 3.05) is 6.54 Å². The molecule has 0 radical (unpaired) electrons. The summed E-state index contributed by atoms with van der Waals surface area (Å²) in [6.45, 7) is 9.31. The summed E-state index contributed by atoms with van der Waals surface area (Å²) >= 11 is 0. The fraction of sp³-hybridized carbons (Fsp3) is 0.731. The number of allylic oxidation sites excluding steroid dienone is 4. The molecule has 0 aromatic rings. The Kier molecular flexibility index (Phi) is 5.68. The predicted molar refractivity (Wildman–Crippen MR) is 119 cm³/mol. The van der Waals surface area contributed by atoms with E-state index >= 15 is 0 Å². The zero-order valence-corrected chi connectivity index (χ0v) is 19.5. The van der Waals surface area contributed by atoms with Crippen LogP contribution < -0.4 is 5.32 Å². The third-order valence-corrected chi connectivity index (χ3v) is 9.34. The van der Waals surface area contributed by atoms with Gasteiger partial charge in [0.25, 0.3) is 0 Å². The Balaban J connectivity index is 1.60. The number of ether oxygens (including phenoxy) is 1. The molecule has 31 heavy (non-hydrogen) atoms. The molecule has 4 rings (SSSR count). The maximum atomic E-state index is 13.1. The minimum absolute atomic E-state index is 0.0757. The lowest BCUT2D eigenvalue weighted by atomic mass is 9.47. The second kappa shape index (κ2) is 7.90. The molecule has 170 valence electrons. The van der Waals surface area contributed by atoms with E-state index in [-0.39, 0.29) is 34.4 Å². The minimum atomic E-state index is -0.475. The van der Waals surface area contributed by atoms with E-state index in [2.05, 4.69) is 33.0 Å². The normalized spacial score (nSPS) is 41.2. The highest BCUT2D eigenvalue weighted by atomic mass is 16.6. The molecule has 0 aromatic carbocycles. The quantitative estimate of drug-likeness (QED) is 0.616. The second-order valence-electron chi connectivity index (χ2n) is 10.6. The lowest BCUT2D eigenvalue weighted by molar-refractivity contribution is -0.139. The van der Waals surface area contributed by atoms with Gasteiger partial charge in [0, 0.05) is 29.4 Å². The third kappa shape index (κ3) is 3.30. The molecule has 0 heterocycles. The van der Waals surface area contributed by atoms with Crippen LogP contribution in [0.1, 0.15) is 79.1 Å². The molecule has 5 nitrogen and oxygen atoms in total. The summed E-state index contributed by atoms with van der Waals surface area (Å²) in [7, 11) is 0. The first kappa shape index (κ1) is 22.3. The van der Waals surface area contributed by atoms with Crippen LogP contribution >= 0.6 is 0 Å². The Labute approximate surface area is 186 Å². The molecule has 0 aliphatic heterocycles. The number of fused-ring (bicyclic) bond motifs is 5. The van der Waals surface area contributed by atoms with Crippen LogP contribution in [-0.2, 0) is 14.3 Å². The van der Waals surface area contributed by atoms with Crippen LogP contribution in [0.5, 0.6) is 0 Å². The van der Waals surface area contributed by atoms with E-state index in [9.17, 15) is 14.4 Å². The number of alkyl carbamates (subject to hydrolysis) is 1. The number of carbonyl (C=O) groups excluding carboxylic acids is 3. The van der Waals surface area contributed by atoms with Gasteiger partial charge in [0.15, 0.2) is 11.6 Å². The molecule has 0 bridgehead atoms. The van der Waals surface area contributed by atoms with Crippen molar-refractivity contribution in [1.29, 1.82) is 0 Å². The summed E-state index contributed by atoms with van der Waals surface area (Å²) in [5.74, 6) is 1.02. The highest BCUT2D eigenvalue weighted by molar-refractivity contribution is 6.10. The Morgan fingerprint density at radius 1 is 1.16 bits per heavy atom. The van der Waals surface area contributed by atoms with Crippen molar-refractivity contribution >= 4 is 17.7 Å². The summed E-state index contributed by atoms with van der Waals surface area (Å²) in [5.41, 5.74) is -0.254. The Hall–Kier alpha value is -1.91. The molecule has 3 saturated carbocycles. The molecule has 3 fully saturated rings. The second-order valence-corrected chi connectivity index (χ2v) is 10.6. The van der Waals surface area contributed by atoms with Gasteiger partial charge in [0.1, 0.15) is 5.60 Å². The largest absolute Gasteiger partial charge is 0.442 e. The molecule has 1 N–H and O–H groups in total. The molecule has 6 atom stereocenters. The maximum Gasteiger partial charge on any atom is 0.407 e. The molecule has 0 spiro atoms. The number of rotatable bonds is 5. The lowest BCUT2D eigenvalue weighted by Crippen LogP contribution is -2.57. The smallest absolute Gasteiger partial charge is 0.407 e. The van der Waals surface area contributed by atoms with Gasteiger partial charge < -0.3 is 10.1 Å². The summed E-state index contributed by atoms with van der Waals surface area (Å²) in [6, 6.07) is 0. The molecule has 0 aromatic heterocycles. The van der Waals surface area contributed by atoms with E-state index in [0.717, 1.165) is 44.9 Å². The molecule has 4 aliphatic carbocycles. The van der Waals surface area contributed by atoms with Crippen LogP contribution in [0.3, 0.4) is 0 Å². The van der Waals surface area contributed by atoms with Gasteiger partial charge in [-0.05, 0) is 68.4 Å². The number of carbonyl (C=O) groups is 3. The molecular weight excluding hydrogens is 390 g/mol. The van der Waals surface area contributed by atoms with Crippen molar-refractivity contribution < 1.29 is 19.1 Å². The number of ketones is 2. The van der Waals surface area contributed by atoms with E-state index in [1.807, 2.05) is 6.08 Å². The van der Waals surface area contributed by atoms with Crippen molar-refractivity contribution in [3.05, 3.63) is 23.8 Å². The van der Waals surface area contributed by atoms with E-state index in [1.165, 1.54) is 0 Å². The summed E-state index contributed by atoms with van der Waals surface area (Å²) < 4.78 is 6.21. The van der Waals surface area contributed by atoms with Crippen molar-refractivity contribution in [1.82, 2.24) is 5.32 Å². The Morgan fingerprint density at radius 3 is 2.61 bits per heavy atom. The van der Waals surface area contributed by atoms with Crippen molar-refractivity contribution in [2.45, 2.75) is 84.7 Å².